The Morgan fingerprint density at radius 3 is 2.59 bits per heavy atom. The molecular formula is C14H9F3N2O3. The van der Waals surface area contributed by atoms with Gasteiger partial charge in [-0.3, -0.25) is 10.7 Å². The summed E-state index contributed by atoms with van der Waals surface area (Å²) in [6.07, 6.45) is -3.73. The Labute approximate surface area is 122 Å². The number of hydrogen-bond acceptors (Lipinski definition) is 4. The Morgan fingerprint density at radius 1 is 1.09 bits per heavy atom. The maximum Gasteiger partial charge on any atom is 0.586 e. The van der Waals surface area contributed by atoms with Crippen LogP contribution in [0, 0.1) is 5.82 Å². The summed E-state index contributed by atoms with van der Waals surface area (Å²) in [7, 11) is 0. The van der Waals surface area contributed by atoms with Crippen LogP contribution in [0.15, 0.2) is 47.5 Å². The van der Waals surface area contributed by atoms with E-state index < -0.39 is 12.1 Å². The molecule has 0 atom stereocenters. The number of amidine groups is 1. The highest BCUT2D eigenvalue weighted by molar-refractivity contribution is 6.00. The second-order valence-electron chi connectivity index (χ2n) is 4.38. The minimum Gasteiger partial charge on any atom is -0.395 e. The van der Waals surface area contributed by atoms with E-state index in [2.05, 4.69) is 14.5 Å². The summed E-state index contributed by atoms with van der Waals surface area (Å²) in [4.78, 5) is 4.00. The molecular weight excluding hydrogens is 301 g/mol. The number of rotatable bonds is 2. The molecule has 8 heteroatoms. The Hall–Kier alpha value is -2.74. The predicted octanol–water partition coefficient (Wildman–Crippen LogP) is 3.20. The molecule has 5 nitrogen and oxygen atoms in total. The van der Waals surface area contributed by atoms with Crippen LogP contribution in [0.1, 0.15) is 5.56 Å². The number of ether oxygens (including phenoxy) is 2. The van der Waals surface area contributed by atoms with Gasteiger partial charge in [0.25, 0.3) is 0 Å². The summed E-state index contributed by atoms with van der Waals surface area (Å²) in [6.45, 7) is 0. The van der Waals surface area contributed by atoms with Gasteiger partial charge in [0.15, 0.2) is 17.3 Å². The fraction of sp³-hybridized carbons (Fsp3) is 0.0714. The van der Waals surface area contributed by atoms with Gasteiger partial charge in [0.2, 0.25) is 0 Å². The zero-order valence-corrected chi connectivity index (χ0v) is 10.9. The van der Waals surface area contributed by atoms with Crippen LogP contribution in [0.4, 0.5) is 18.9 Å². The molecule has 0 fully saturated rings. The Balaban J connectivity index is 1.96. The van der Waals surface area contributed by atoms with Gasteiger partial charge in [-0.15, -0.1) is 8.78 Å². The van der Waals surface area contributed by atoms with Gasteiger partial charge in [0, 0.05) is 5.56 Å². The smallest absolute Gasteiger partial charge is 0.395 e. The molecule has 2 aromatic rings. The summed E-state index contributed by atoms with van der Waals surface area (Å²) >= 11 is 0. The molecule has 1 aliphatic rings. The molecule has 114 valence electrons. The minimum absolute atomic E-state index is 0.0628. The van der Waals surface area contributed by atoms with Crippen molar-refractivity contribution in [1.29, 1.82) is 0 Å². The van der Waals surface area contributed by atoms with Crippen LogP contribution in [0.25, 0.3) is 0 Å². The van der Waals surface area contributed by atoms with Crippen molar-refractivity contribution in [2.45, 2.75) is 6.29 Å². The molecule has 3 rings (SSSR count). The van der Waals surface area contributed by atoms with Crippen LogP contribution < -0.4 is 15.0 Å². The Kier molecular flexibility index (Phi) is 3.38. The van der Waals surface area contributed by atoms with Crippen LogP contribution in [-0.4, -0.2) is 17.3 Å². The molecule has 0 spiro atoms. The first-order valence-corrected chi connectivity index (χ1v) is 6.11. The second-order valence-corrected chi connectivity index (χ2v) is 4.38. The lowest BCUT2D eigenvalue weighted by atomic mass is 10.2. The van der Waals surface area contributed by atoms with E-state index >= 15 is 0 Å². The molecule has 0 aromatic heterocycles. The number of nitrogens with zero attached hydrogens (tertiary/aromatic N) is 1. The molecule has 1 heterocycles. The number of aliphatic imine (C=N–C) groups is 1. The van der Waals surface area contributed by atoms with Gasteiger partial charge in [-0.05, 0) is 36.4 Å². The summed E-state index contributed by atoms with van der Waals surface area (Å²) in [5, 5.41) is 9.17. The van der Waals surface area contributed by atoms with Gasteiger partial charge in [0.1, 0.15) is 5.82 Å². The minimum atomic E-state index is -3.73. The third-order valence-corrected chi connectivity index (χ3v) is 2.83. The average molecular weight is 310 g/mol. The normalized spacial score (nSPS) is 15.7. The highest BCUT2D eigenvalue weighted by Gasteiger charge is 2.43. The van der Waals surface area contributed by atoms with Gasteiger partial charge in [-0.25, -0.2) is 9.38 Å². The number of hydroxylamine groups is 1. The maximum absolute atomic E-state index is 13.1. The maximum atomic E-state index is 13.1. The second kappa shape index (κ2) is 5.23. The zero-order valence-electron chi connectivity index (χ0n) is 10.9. The third-order valence-electron chi connectivity index (χ3n) is 2.83. The molecule has 2 aromatic carbocycles. The van der Waals surface area contributed by atoms with Crippen LogP contribution in [0.2, 0.25) is 0 Å². The third kappa shape index (κ3) is 2.82. The van der Waals surface area contributed by atoms with E-state index in [1.165, 1.54) is 36.4 Å². The van der Waals surface area contributed by atoms with Crippen molar-refractivity contribution in [2.24, 2.45) is 4.99 Å². The van der Waals surface area contributed by atoms with E-state index in [0.717, 1.165) is 6.07 Å². The average Bonchev–Trinajstić information content (AvgIpc) is 2.77. The molecule has 0 radical (unpaired) electrons. The van der Waals surface area contributed by atoms with Crippen LogP contribution in [0.3, 0.4) is 0 Å². The van der Waals surface area contributed by atoms with Gasteiger partial charge < -0.3 is 9.47 Å². The van der Waals surface area contributed by atoms with E-state index in [4.69, 9.17) is 5.21 Å². The number of hydrogen-bond donors (Lipinski definition) is 2. The van der Waals surface area contributed by atoms with E-state index in [1.54, 1.807) is 0 Å². The zero-order chi connectivity index (χ0) is 15.7. The number of nitrogens with one attached hydrogen (secondary N) is 1. The lowest BCUT2D eigenvalue weighted by molar-refractivity contribution is -0.286. The molecule has 0 saturated carbocycles. The monoisotopic (exact) mass is 310 g/mol. The van der Waals surface area contributed by atoms with Gasteiger partial charge in [-0.2, -0.15) is 0 Å². The van der Waals surface area contributed by atoms with Gasteiger partial charge in [0.05, 0.1) is 5.69 Å². The summed E-state index contributed by atoms with van der Waals surface area (Å²) in [5.74, 6) is -0.877. The molecule has 2 N–H and O–H groups in total. The van der Waals surface area contributed by atoms with Crippen molar-refractivity contribution < 1.29 is 27.9 Å². The fourth-order valence-corrected chi connectivity index (χ4v) is 1.93. The summed E-state index contributed by atoms with van der Waals surface area (Å²) in [6, 6.07) is 9.23. The van der Waals surface area contributed by atoms with Crippen molar-refractivity contribution in [1.82, 2.24) is 5.48 Å². The van der Waals surface area contributed by atoms with Crippen LogP contribution >= 0.6 is 0 Å². The Bertz CT molecular complexity index is 750. The molecule has 0 aliphatic carbocycles. The molecule has 0 saturated heterocycles. The molecule has 1 aliphatic heterocycles. The highest BCUT2D eigenvalue weighted by Crippen LogP contribution is 2.41. The van der Waals surface area contributed by atoms with Crippen molar-refractivity contribution in [2.75, 3.05) is 0 Å². The van der Waals surface area contributed by atoms with Crippen molar-refractivity contribution in [3.8, 4) is 11.5 Å². The number of benzene rings is 2. The largest absolute Gasteiger partial charge is 0.586 e. The summed E-state index contributed by atoms with van der Waals surface area (Å²) in [5.41, 5.74) is 2.33. The van der Waals surface area contributed by atoms with Crippen molar-refractivity contribution in [3.63, 3.8) is 0 Å². The van der Waals surface area contributed by atoms with Crippen molar-refractivity contribution in [3.05, 3.63) is 53.8 Å². The number of fused-ring (bicyclic) bond motifs is 1. The molecule has 0 bridgehead atoms. The first-order valence-electron chi connectivity index (χ1n) is 6.11. The van der Waals surface area contributed by atoms with Crippen LogP contribution in [0.5, 0.6) is 11.5 Å². The van der Waals surface area contributed by atoms with Gasteiger partial charge in [-0.1, -0.05) is 6.07 Å². The van der Waals surface area contributed by atoms with Crippen molar-refractivity contribution >= 4 is 11.5 Å². The topological polar surface area (TPSA) is 63.1 Å². The number of halogens is 3. The quantitative estimate of drug-likeness (QED) is 0.508. The van der Waals surface area contributed by atoms with Crippen LogP contribution in [-0.2, 0) is 0 Å². The highest BCUT2D eigenvalue weighted by atomic mass is 19.3. The standard InChI is InChI=1S/C14H9F3N2O3/c15-9-2-1-3-10(7-9)18-13(19-20)8-4-5-11-12(6-8)22-14(16,17)21-11/h1-7,20H,(H,18,19). The first kappa shape index (κ1) is 14.2. The first-order chi connectivity index (χ1) is 10.5. The van der Waals surface area contributed by atoms with E-state index in [1.807, 2.05) is 5.48 Å². The lowest BCUT2D eigenvalue weighted by Gasteiger charge is -2.06. The van der Waals surface area contributed by atoms with Gasteiger partial charge >= 0.3 is 6.29 Å². The molecule has 22 heavy (non-hydrogen) atoms. The number of alkyl halides is 2. The summed E-state index contributed by atoms with van der Waals surface area (Å²) < 4.78 is 47.6. The fourth-order valence-electron chi connectivity index (χ4n) is 1.93. The van der Waals surface area contributed by atoms with E-state index in [-0.39, 0.29) is 28.6 Å². The van der Waals surface area contributed by atoms with E-state index in [9.17, 15) is 13.2 Å². The SMILES string of the molecule is ONC(=Nc1cccc(F)c1)c1ccc2c(c1)OC(F)(F)O2. The Morgan fingerprint density at radius 2 is 1.86 bits per heavy atom. The molecule has 0 unspecified atom stereocenters. The lowest BCUT2D eigenvalue weighted by Crippen LogP contribution is -2.26. The van der Waals surface area contributed by atoms with E-state index in [0.29, 0.717) is 0 Å². The predicted molar refractivity (Wildman–Crippen MR) is 70.2 cm³/mol. The molecule has 0 amide bonds.